The number of hydrogen-bond donors (Lipinski definition) is 2. The van der Waals surface area contributed by atoms with Crippen LogP contribution in [0.25, 0.3) is 0 Å². The minimum Gasteiger partial charge on any atom is -0.389 e. The van der Waals surface area contributed by atoms with E-state index < -0.39 is 10.0 Å². The molecule has 0 heterocycles. The van der Waals surface area contributed by atoms with Gasteiger partial charge in [-0.3, -0.25) is 0 Å². The molecule has 0 saturated carbocycles. The molecule has 0 aliphatic heterocycles. The van der Waals surface area contributed by atoms with E-state index in [-0.39, 0.29) is 16.2 Å². The number of nitrogens with two attached hydrogens (primary N) is 1. The second-order valence-electron chi connectivity index (χ2n) is 5.66. The van der Waals surface area contributed by atoms with Gasteiger partial charge < -0.3 is 5.73 Å². The first kappa shape index (κ1) is 16.1. The Morgan fingerprint density at radius 1 is 1.32 bits per heavy atom. The average Bonchev–Trinajstić information content (AvgIpc) is 2.26. The average molecular weight is 300 g/mol. The van der Waals surface area contributed by atoms with Crippen molar-refractivity contribution in [2.45, 2.75) is 26.5 Å². The van der Waals surface area contributed by atoms with Crippen molar-refractivity contribution in [3.63, 3.8) is 0 Å². The molecule has 0 fully saturated rings. The number of hydrogen-bond acceptors (Lipinski definition) is 3. The van der Waals surface area contributed by atoms with Crippen LogP contribution in [0, 0.1) is 5.41 Å². The molecule has 1 aromatic carbocycles. The van der Waals surface area contributed by atoms with Crippen molar-refractivity contribution in [3.8, 4) is 0 Å². The third-order valence-electron chi connectivity index (χ3n) is 2.45. The first-order valence-electron chi connectivity index (χ1n) is 5.96. The van der Waals surface area contributed by atoms with Crippen LogP contribution in [0.3, 0.4) is 0 Å². The van der Waals surface area contributed by atoms with Gasteiger partial charge in [-0.25, -0.2) is 13.1 Å². The Hall–Kier alpha value is -0.980. The van der Waals surface area contributed by atoms with Crippen LogP contribution in [0.2, 0.25) is 0 Å². The summed E-state index contributed by atoms with van der Waals surface area (Å²) in [5.41, 5.74) is 6.72. The van der Waals surface area contributed by atoms with Gasteiger partial charge in [0, 0.05) is 12.1 Å². The molecule has 0 aliphatic carbocycles. The van der Waals surface area contributed by atoms with Crippen LogP contribution >= 0.6 is 12.2 Å². The minimum atomic E-state index is -3.39. The molecule has 0 aromatic heterocycles. The maximum atomic E-state index is 12.0. The zero-order valence-corrected chi connectivity index (χ0v) is 13.1. The minimum absolute atomic E-state index is 0.101. The lowest BCUT2D eigenvalue weighted by molar-refractivity contribution is 0.407. The fourth-order valence-corrected chi connectivity index (χ4v) is 3.08. The zero-order chi connectivity index (χ0) is 14.7. The number of thiocarbonyl (C=S) groups is 1. The Bertz CT molecular complexity index is 560. The summed E-state index contributed by atoms with van der Waals surface area (Å²) in [7, 11) is -3.39. The van der Waals surface area contributed by atoms with Crippen molar-refractivity contribution in [2.24, 2.45) is 11.1 Å². The molecule has 106 valence electrons. The molecule has 0 spiro atoms. The molecule has 19 heavy (non-hydrogen) atoms. The molecule has 3 N–H and O–H groups in total. The van der Waals surface area contributed by atoms with Crippen molar-refractivity contribution in [1.82, 2.24) is 4.72 Å². The van der Waals surface area contributed by atoms with Crippen LogP contribution in [-0.4, -0.2) is 20.0 Å². The van der Waals surface area contributed by atoms with Gasteiger partial charge >= 0.3 is 0 Å². The summed E-state index contributed by atoms with van der Waals surface area (Å²) in [5, 5.41) is 0. The van der Waals surface area contributed by atoms with Crippen LogP contribution in [0.1, 0.15) is 31.9 Å². The molecular formula is C13H20N2O2S2. The maximum Gasteiger partial charge on any atom is 0.215 e. The van der Waals surface area contributed by atoms with E-state index in [0.29, 0.717) is 17.7 Å². The lowest BCUT2D eigenvalue weighted by atomic mass is 9.98. The zero-order valence-electron chi connectivity index (χ0n) is 11.4. The first-order chi connectivity index (χ1) is 8.61. The molecule has 4 nitrogen and oxygen atoms in total. The molecule has 0 saturated heterocycles. The standard InChI is InChI=1S/C13H20N2O2S2/c1-13(2,3)9-15-19(16,17)8-10-6-4-5-7-11(10)12(14)18/h4-7,15H,8-9H2,1-3H3,(H2,14,18). The summed E-state index contributed by atoms with van der Waals surface area (Å²) in [5.74, 6) is -0.114. The van der Waals surface area contributed by atoms with Gasteiger partial charge in [-0.05, 0) is 11.0 Å². The Balaban J connectivity index is 2.87. The monoisotopic (exact) mass is 300 g/mol. The lowest BCUT2D eigenvalue weighted by Crippen LogP contribution is -2.33. The van der Waals surface area contributed by atoms with Gasteiger partial charge in [-0.15, -0.1) is 0 Å². The number of sulfonamides is 1. The van der Waals surface area contributed by atoms with Crippen molar-refractivity contribution in [1.29, 1.82) is 0 Å². The van der Waals surface area contributed by atoms with E-state index in [4.69, 9.17) is 18.0 Å². The summed E-state index contributed by atoms with van der Waals surface area (Å²) in [6, 6.07) is 7.02. The normalized spacial score (nSPS) is 12.4. The molecule has 0 bridgehead atoms. The highest BCUT2D eigenvalue weighted by Crippen LogP contribution is 2.14. The fourth-order valence-electron chi connectivity index (χ4n) is 1.47. The molecule has 0 radical (unpaired) electrons. The Kier molecular flexibility index (Phi) is 5.06. The van der Waals surface area contributed by atoms with E-state index in [9.17, 15) is 8.42 Å². The van der Waals surface area contributed by atoms with Crippen LogP contribution in [0.15, 0.2) is 24.3 Å². The van der Waals surface area contributed by atoms with E-state index in [1.807, 2.05) is 20.8 Å². The fraction of sp³-hybridized carbons (Fsp3) is 0.462. The number of nitrogens with one attached hydrogen (secondary N) is 1. The summed E-state index contributed by atoms with van der Waals surface area (Å²) in [6.45, 7) is 6.31. The van der Waals surface area contributed by atoms with E-state index in [1.54, 1.807) is 24.3 Å². The van der Waals surface area contributed by atoms with Gasteiger partial charge in [0.1, 0.15) is 4.99 Å². The van der Waals surface area contributed by atoms with Crippen molar-refractivity contribution >= 4 is 27.2 Å². The van der Waals surface area contributed by atoms with E-state index in [2.05, 4.69) is 4.72 Å². The highest BCUT2D eigenvalue weighted by Gasteiger charge is 2.18. The topological polar surface area (TPSA) is 72.2 Å². The summed E-state index contributed by atoms with van der Waals surface area (Å²) >= 11 is 4.93. The number of benzene rings is 1. The van der Waals surface area contributed by atoms with Crippen molar-refractivity contribution < 1.29 is 8.42 Å². The lowest BCUT2D eigenvalue weighted by Gasteiger charge is -2.19. The third-order valence-corrected chi connectivity index (χ3v) is 3.95. The highest BCUT2D eigenvalue weighted by atomic mass is 32.2. The second kappa shape index (κ2) is 5.98. The quantitative estimate of drug-likeness (QED) is 0.813. The SMILES string of the molecule is CC(C)(C)CNS(=O)(=O)Cc1ccccc1C(N)=S. The van der Waals surface area contributed by atoms with Crippen molar-refractivity contribution in [2.75, 3.05) is 6.54 Å². The predicted octanol–water partition coefficient (Wildman–Crippen LogP) is 1.79. The molecule has 1 rings (SSSR count). The third kappa shape index (κ3) is 5.67. The van der Waals surface area contributed by atoms with E-state index in [1.165, 1.54) is 0 Å². The second-order valence-corrected chi connectivity index (χ2v) is 7.91. The van der Waals surface area contributed by atoms with Crippen LogP contribution in [0.4, 0.5) is 0 Å². The Morgan fingerprint density at radius 3 is 2.42 bits per heavy atom. The van der Waals surface area contributed by atoms with Crippen LogP contribution in [-0.2, 0) is 15.8 Å². The first-order valence-corrected chi connectivity index (χ1v) is 8.02. The van der Waals surface area contributed by atoms with Gasteiger partial charge in [0.25, 0.3) is 0 Å². The summed E-state index contributed by atoms with van der Waals surface area (Å²) < 4.78 is 26.7. The van der Waals surface area contributed by atoms with Gasteiger partial charge in [-0.1, -0.05) is 57.3 Å². The molecule has 1 aromatic rings. The number of rotatable bonds is 5. The van der Waals surface area contributed by atoms with Crippen LogP contribution < -0.4 is 10.5 Å². The smallest absolute Gasteiger partial charge is 0.215 e. The van der Waals surface area contributed by atoms with E-state index in [0.717, 1.165) is 0 Å². The Morgan fingerprint density at radius 2 is 1.89 bits per heavy atom. The molecule has 0 aliphatic rings. The molecule has 0 unspecified atom stereocenters. The Labute approximate surface area is 120 Å². The van der Waals surface area contributed by atoms with Gasteiger partial charge in [0.15, 0.2) is 0 Å². The highest BCUT2D eigenvalue weighted by molar-refractivity contribution is 7.88. The molecule has 0 atom stereocenters. The van der Waals surface area contributed by atoms with Gasteiger partial charge in [0.2, 0.25) is 10.0 Å². The van der Waals surface area contributed by atoms with E-state index >= 15 is 0 Å². The maximum absolute atomic E-state index is 12.0. The molecule has 0 amide bonds. The van der Waals surface area contributed by atoms with Gasteiger partial charge in [0.05, 0.1) is 5.75 Å². The van der Waals surface area contributed by atoms with Crippen molar-refractivity contribution in [3.05, 3.63) is 35.4 Å². The predicted molar refractivity (Wildman–Crippen MR) is 82.4 cm³/mol. The molecule has 6 heteroatoms. The summed E-state index contributed by atoms with van der Waals surface area (Å²) in [4.78, 5) is 0.210. The molecular weight excluding hydrogens is 280 g/mol. The van der Waals surface area contributed by atoms with Crippen LogP contribution in [0.5, 0.6) is 0 Å². The van der Waals surface area contributed by atoms with Gasteiger partial charge in [-0.2, -0.15) is 0 Å². The summed E-state index contributed by atoms with van der Waals surface area (Å²) in [6.07, 6.45) is 0. The largest absolute Gasteiger partial charge is 0.389 e.